The fourth-order valence-electron chi connectivity index (χ4n) is 10.7. The van der Waals surface area contributed by atoms with Gasteiger partial charge in [-0.3, -0.25) is 13.8 Å². The first-order valence-corrected chi connectivity index (χ1v) is 36.4. The second kappa shape index (κ2) is 61.3. The number of hydrogen-bond donors (Lipinski definition) is 3. The van der Waals surface area contributed by atoms with E-state index in [1.165, 1.54) is 295 Å². The molecular weight excluding hydrogens is 996 g/mol. The molecule has 468 valence electrons. The molecule has 0 fully saturated rings. The summed E-state index contributed by atoms with van der Waals surface area (Å²) in [6, 6.07) is -0.845. The minimum Gasteiger partial charge on any atom is -0.387 e. The van der Waals surface area contributed by atoms with Gasteiger partial charge in [0.15, 0.2) is 0 Å². The Morgan fingerprint density at radius 3 is 1.04 bits per heavy atom. The van der Waals surface area contributed by atoms with Gasteiger partial charge in [-0.15, -0.1) is 0 Å². The summed E-state index contributed by atoms with van der Waals surface area (Å²) >= 11 is 0. The summed E-state index contributed by atoms with van der Waals surface area (Å²) < 4.78 is 23.8. The molecule has 0 saturated carbocycles. The number of phosphoric acid groups is 1. The first-order valence-electron chi connectivity index (χ1n) is 34.9. The Kier molecular flexibility index (Phi) is 60.3. The number of nitrogens with one attached hydrogen (secondary N) is 1. The fraction of sp³-hybridized carbons (Fsp3) is 0.900. The average molecular weight is 1130 g/mol. The molecule has 3 unspecified atom stereocenters. The number of allylic oxidation sites excluding steroid dienone is 5. The highest BCUT2D eigenvalue weighted by Crippen LogP contribution is 2.43. The van der Waals surface area contributed by atoms with E-state index in [2.05, 4.69) is 43.5 Å². The quantitative estimate of drug-likeness (QED) is 0.0243. The van der Waals surface area contributed by atoms with E-state index in [1.807, 2.05) is 27.2 Å². The van der Waals surface area contributed by atoms with Crippen LogP contribution in [-0.2, 0) is 18.4 Å². The molecule has 1 amide bonds. The zero-order valence-electron chi connectivity index (χ0n) is 53.6. The van der Waals surface area contributed by atoms with Gasteiger partial charge in [-0.25, -0.2) is 4.57 Å². The number of phosphoric ester groups is 1. The van der Waals surface area contributed by atoms with Crippen molar-refractivity contribution in [2.75, 3.05) is 40.9 Å². The van der Waals surface area contributed by atoms with Crippen molar-refractivity contribution in [1.29, 1.82) is 0 Å². The van der Waals surface area contributed by atoms with Crippen LogP contribution in [0.15, 0.2) is 36.5 Å². The third kappa shape index (κ3) is 64.1. The van der Waals surface area contributed by atoms with Crippen LogP contribution in [0.1, 0.15) is 354 Å². The van der Waals surface area contributed by atoms with Gasteiger partial charge in [-0.2, -0.15) is 0 Å². The maximum atomic E-state index is 13.0. The Hall–Kier alpha value is -1.28. The zero-order valence-corrected chi connectivity index (χ0v) is 54.5. The molecule has 0 aliphatic rings. The standard InChI is InChI=1S/C70H137N2O6P/c1-6-8-10-12-14-16-18-20-22-24-26-27-28-29-30-31-32-33-34-35-36-37-38-39-40-41-42-43-44-45-46-48-50-52-54-56-58-60-62-64-70(74)71-68(67-78-79(75,76)77-66-65-72(3,4)5)69(73)63-61-59-57-55-53-51-49-47-25-23-21-19-17-15-13-11-9-7-2/h18,20,24,26,61,63,68-69,73H,6-17,19,21-23,25,27-60,62,64-67H2,1-5H3,(H-,71,74,75,76)/p+1/b20-18-,26-24-,63-61+. The van der Waals surface area contributed by atoms with Gasteiger partial charge in [0.25, 0.3) is 0 Å². The summed E-state index contributed by atoms with van der Waals surface area (Å²) in [7, 11) is 1.59. The summed E-state index contributed by atoms with van der Waals surface area (Å²) in [5.74, 6) is -0.169. The summed E-state index contributed by atoms with van der Waals surface area (Å²) in [6.07, 6.45) is 81.6. The first kappa shape index (κ1) is 77.7. The van der Waals surface area contributed by atoms with Gasteiger partial charge in [0.2, 0.25) is 5.91 Å². The molecule has 0 aromatic rings. The van der Waals surface area contributed by atoms with Gasteiger partial charge < -0.3 is 19.8 Å². The van der Waals surface area contributed by atoms with Crippen LogP contribution in [0.2, 0.25) is 0 Å². The van der Waals surface area contributed by atoms with E-state index in [9.17, 15) is 19.4 Å². The summed E-state index contributed by atoms with van der Waals surface area (Å²) in [5, 5.41) is 14.0. The molecule has 0 saturated heterocycles. The number of likely N-dealkylation sites (N-methyl/N-ethyl adjacent to an activating group) is 1. The Morgan fingerprint density at radius 2 is 0.722 bits per heavy atom. The number of unbranched alkanes of at least 4 members (excludes halogenated alkanes) is 48. The van der Waals surface area contributed by atoms with Crippen molar-refractivity contribution < 1.29 is 32.9 Å². The lowest BCUT2D eigenvalue weighted by Crippen LogP contribution is -2.45. The summed E-state index contributed by atoms with van der Waals surface area (Å²) in [5.41, 5.74) is 0. The second-order valence-corrected chi connectivity index (χ2v) is 26.7. The maximum Gasteiger partial charge on any atom is 0.472 e. The lowest BCUT2D eigenvalue weighted by Gasteiger charge is -2.25. The van der Waals surface area contributed by atoms with Crippen molar-refractivity contribution in [3.8, 4) is 0 Å². The largest absolute Gasteiger partial charge is 0.472 e. The lowest BCUT2D eigenvalue weighted by molar-refractivity contribution is -0.870. The van der Waals surface area contributed by atoms with Gasteiger partial charge in [-0.05, 0) is 51.4 Å². The normalized spacial score (nSPS) is 13.9. The maximum absolute atomic E-state index is 13.0. The molecule has 0 aliphatic heterocycles. The molecule has 0 heterocycles. The highest BCUT2D eigenvalue weighted by atomic mass is 31.2. The van der Waals surface area contributed by atoms with Crippen molar-refractivity contribution in [3.05, 3.63) is 36.5 Å². The van der Waals surface area contributed by atoms with Crippen LogP contribution < -0.4 is 5.32 Å². The SMILES string of the molecule is CCCCCCC/C=C\C/C=C\CCCCCCCCCCCCCCCCCCCCCCCCCCCCCC(=O)NC(COP(=O)(O)OCC[N+](C)(C)C)C(O)/C=C/CCCCCCCCCCCCCCCCCC. The van der Waals surface area contributed by atoms with E-state index in [0.29, 0.717) is 17.4 Å². The topological polar surface area (TPSA) is 105 Å². The zero-order chi connectivity index (χ0) is 57.7. The molecule has 3 N–H and O–H groups in total. The highest BCUT2D eigenvalue weighted by molar-refractivity contribution is 7.47. The van der Waals surface area contributed by atoms with Gasteiger partial charge in [0.05, 0.1) is 39.9 Å². The van der Waals surface area contributed by atoms with E-state index in [1.54, 1.807) is 6.08 Å². The number of amides is 1. The molecule has 9 heteroatoms. The van der Waals surface area contributed by atoms with E-state index >= 15 is 0 Å². The molecule has 0 rings (SSSR count). The van der Waals surface area contributed by atoms with Gasteiger partial charge in [-0.1, -0.05) is 333 Å². The Labute approximate surface area is 493 Å². The molecule has 0 spiro atoms. The number of hydrogen-bond acceptors (Lipinski definition) is 5. The third-order valence-electron chi connectivity index (χ3n) is 16.1. The van der Waals surface area contributed by atoms with Gasteiger partial charge >= 0.3 is 7.82 Å². The van der Waals surface area contributed by atoms with Crippen molar-refractivity contribution >= 4 is 13.7 Å². The Balaban J connectivity index is 3.91. The molecular formula is C70H138N2O6P+. The first-order chi connectivity index (χ1) is 38.5. The van der Waals surface area contributed by atoms with E-state index in [4.69, 9.17) is 9.05 Å². The number of nitrogens with zero attached hydrogens (tertiary/aromatic N) is 1. The smallest absolute Gasteiger partial charge is 0.387 e. The predicted octanol–water partition coefficient (Wildman–Crippen LogP) is 22.1. The Bertz CT molecular complexity index is 1380. The lowest BCUT2D eigenvalue weighted by atomic mass is 10.0. The highest BCUT2D eigenvalue weighted by Gasteiger charge is 2.28. The average Bonchev–Trinajstić information content (AvgIpc) is 3.42. The number of aliphatic hydroxyl groups is 1. The third-order valence-corrected chi connectivity index (χ3v) is 17.1. The fourth-order valence-corrected chi connectivity index (χ4v) is 11.4. The molecule has 79 heavy (non-hydrogen) atoms. The van der Waals surface area contributed by atoms with Crippen LogP contribution in [0.3, 0.4) is 0 Å². The van der Waals surface area contributed by atoms with Crippen LogP contribution in [0.5, 0.6) is 0 Å². The summed E-state index contributed by atoms with van der Waals surface area (Å²) in [6.45, 7) is 4.85. The monoisotopic (exact) mass is 1130 g/mol. The van der Waals surface area contributed by atoms with Crippen LogP contribution in [-0.4, -0.2) is 73.4 Å². The summed E-state index contributed by atoms with van der Waals surface area (Å²) in [4.78, 5) is 23.4. The molecule has 8 nitrogen and oxygen atoms in total. The van der Waals surface area contributed by atoms with E-state index in [0.717, 1.165) is 38.5 Å². The van der Waals surface area contributed by atoms with Gasteiger partial charge in [0, 0.05) is 6.42 Å². The predicted molar refractivity (Wildman–Crippen MR) is 346 cm³/mol. The number of carbonyl (C=O) groups excluding carboxylic acids is 1. The minimum atomic E-state index is -4.35. The molecule has 3 atom stereocenters. The molecule has 0 aromatic heterocycles. The minimum absolute atomic E-state index is 0.0641. The Morgan fingerprint density at radius 1 is 0.430 bits per heavy atom. The number of carbonyl (C=O) groups is 1. The van der Waals surface area contributed by atoms with Crippen LogP contribution in [0.4, 0.5) is 0 Å². The van der Waals surface area contributed by atoms with Crippen LogP contribution in [0, 0.1) is 0 Å². The molecule has 0 aliphatic carbocycles. The number of quaternary nitrogens is 1. The van der Waals surface area contributed by atoms with Crippen molar-refractivity contribution in [2.45, 2.75) is 366 Å². The number of aliphatic hydroxyl groups excluding tert-OH is 1. The van der Waals surface area contributed by atoms with Crippen molar-refractivity contribution in [3.63, 3.8) is 0 Å². The van der Waals surface area contributed by atoms with Crippen molar-refractivity contribution in [2.24, 2.45) is 0 Å². The van der Waals surface area contributed by atoms with Crippen molar-refractivity contribution in [1.82, 2.24) is 5.32 Å². The van der Waals surface area contributed by atoms with Crippen LogP contribution >= 0.6 is 7.82 Å². The second-order valence-electron chi connectivity index (χ2n) is 25.3. The van der Waals surface area contributed by atoms with E-state index < -0.39 is 20.0 Å². The van der Waals surface area contributed by atoms with Gasteiger partial charge in [0.1, 0.15) is 13.2 Å². The molecule has 0 radical (unpaired) electrons. The molecule has 0 bridgehead atoms. The van der Waals surface area contributed by atoms with Crippen LogP contribution in [0.25, 0.3) is 0 Å². The molecule has 0 aromatic carbocycles. The number of rotatable bonds is 65. The van der Waals surface area contributed by atoms with E-state index in [-0.39, 0.29) is 19.1 Å².